The van der Waals surface area contributed by atoms with E-state index < -0.39 is 68.6 Å². The van der Waals surface area contributed by atoms with Crippen LogP contribution < -0.4 is 0 Å². The molecular formula is C18H28O11. The van der Waals surface area contributed by atoms with Crippen molar-refractivity contribution in [1.82, 2.24) is 0 Å². The fourth-order valence-electron chi connectivity index (χ4n) is 2.46. The van der Waals surface area contributed by atoms with Crippen LogP contribution in [0.15, 0.2) is 11.1 Å². The lowest BCUT2D eigenvalue weighted by Gasteiger charge is -2.28. The molecule has 29 heavy (non-hydrogen) atoms. The Hall–Kier alpha value is -2.50. The molecule has 0 bridgehead atoms. The number of aliphatic hydroxyl groups excluding tert-OH is 3. The number of aliphatic carboxylic acids is 3. The second-order valence-corrected chi connectivity index (χ2v) is 6.62. The van der Waals surface area contributed by atoms with Crippen molar-refractivity contribution in [2.45, 2.75) is 44.9 Å². The van der Waals surface area contributed by atoms with Crippen molar-refractivity contribution in [2.75, 3.05) is 26.4 Å². The first-order valence-electron chi connectivity index (χ1n) is 8.96. The highest BCUT2D eigenvalue weighted by Crippen LogP contribution is 2.29. The summed E-state index contributed by atoms with van der Waals surface area (Å²) in [7, 11) is 0. The quantitative estimate of drug-likeness (QED) is 0.142. The monoisotopic (exact) mass is 420 g/mol. The highest BCUT2D eigenvalue weighted by Gasteiger charge is 2.29. The summed E-state index contributed by atoms with van der Waals surface area (Å²) < 4.78 is 4.88. The maximum atomic E-state index is 12.4. The van der Waals surface area contributed by atoms with Crippen LogP contribution in [0.5, 0.6) is 0 Å². The minimum absolute atomic E-state index is 0.00204. The highest BCUT2D eigenvalue weighted by atomic mass is 16.5. The fraction of sp³-hybridized carbons (Fsp3) is 0.667. The van der Waals surface area contributed by atoms with Gasteiger partial charge in [0.05, 0.1) is 26.2 Å². The van der Waals surface area contributed by atoms with E-state index in [1.807, 2.05) is 0 Å². The number of rotatable bonds is 16. The first-order valence-corrected chi connectivity index (χ1v) is 8.96. The summed E-state index contributed by atoms with van der Waals surface area (Å²) in [6.07, 6.45) is -1.63. The second kappa shape index (κ2) is 13.6. The number of esters is 1. The van der Waals surface area contributed by atoms with Crippen molar-refractivity contribution < 1.29 is 54.6 Å². The molecule has 0 aliphatic carbocycles. The summed E-state index contributed by atoms with van der Waals surface area (Å²) in [6, 6.07) is 0. The zero-order valence-electron chi connectivity index (χ0n) is 16.0. The third kappa shape index (κ3) is 10.6. The van der Waals surface area contributed by atoms with E-state index in [2.05, 4.69) is 0 Å². The van der Waals surface area contributed by atoms with Crippen LogP contribution in [0.3, 0.4) is 0 Å². The number of carboxylic acid groups (broad SMARTS) is 3. The van der Waals surface area contributed by atoms with E-state index in [1.54, 1.807) is 0 Å². The molecule has 0 aromatic carbocycles. The normalized spacial score (nSPS) is 12.2. The molecule has 0 aromatic heterocycles. The van der Waals surface area contributed by atoms with Gasteiger partial charge in [0, 0.05) is 23.8 Å². The molecule has 11 nitrogen and oxygen atoms in total. The van der Waals surface area contributed by atoms with E-state index in [0.717, 1.165) is 0 Å². The van der Waals surface area contributed by atoms with Crippen LogP contribution in [0, 0.1) is 5.41 Å². The molecule has 0 heterocycles. The van der Waals surface area contributed by atoms with Crippen LogP contribution in [0.1, 0.15) is 44.9 Å². The van der Waals surface area contributed by atoms with Crippen LogP contribution in [0.2, 0.25) is 0 Å². The summed E-state index contributed by atoms with van der Waals surface area (Å²) in [5, 5.41) is 54.8. The SMILES string of the molecule is O=C(O)CCOC(=O)C(CCC(=O)O)=C(CCC(=O)O)CCC(CO)(CO)CO. The average molecular weight is 420 g/mol. The highest BCUT2D eigenvalue weighted by molar-refractivity contribution is 5.90. The second-order valence-electron chi connectivity index (χ2n) is 6.62. The zero-order chi connectivity index (χ0) is 22.4. The van der Waals surface area contributed by atoms with Gasteiger partial charge in [-0.05, 0) is 25.7 Å². The molecule has 0 aliphatic heterocycles. The van der Waals surface area contributed by atoms with Gasteiger partial charge in [-0.1, -0.05) is 5.57 Å². The van der Waals surface area contributed by atoms with E-state index in [-0.39, 0.29) is 43.3 Å². The van der Waals surface area contributed by atoms with Crippen molar-refractivity contribution in [3.63, 3.8) is 0 Å². The Morgan fingerprint density at radius 2 is 1.14 bits per heavy atom. The van der Waals surface area contributed by atoms with Crippen molar-refractivity contribution >= 4 is 23.9 Å². The van der Waals surface area contributed by atoms with Gasteiger partial charge in [-0.3, -0.25) is 14.4 Å². The minimum Gasteiger partial charge on any atom is -0.481 e. The maximum absolute atomic E-state index is 12.4. The zero-order valence-corrected chi connectivity index (χ0v) is 16.0. The number of carbonyl (C=O) groups excluding carboxylic acids is 1. The third-order valence-corrected chi connectivity index (χ3v) is 4.42. The first-order chi connectivity index (χ1) is 13.6. The number of hydrogen-bond donors (Lipinski definition) is 6. The molecule has 0 radical (unpaired) electrons. The Balaban J connectivity index is 5.73. The third-order valence-electron chi connectivity index (χ3n) is 4.42. The van der Waals surface area contributed by atoms with Gasteiger partial charge in [0.15, 0.2) is 0 Å². The number of allylic oxidation sites excluding steroid dienone is 1. The van der Waals surface area contributed by atoms with E-state index in [1.165, 1.54) is 0 Å². The summed E-state index contributed by atoms with van der Waals surface area (Å²) in [5.74, 6) is -4.50. The van der Waals surface area contributed by atoms with E-state index in [0.29, 0.717) is 0 Å². The predicted molar refractivity (Wildman–Crippen MR) is 96.9 cm³/mol. The van der Waals surface area contributed by atoms with Crippen molar-refractivity contribution in [3.8, 4) is 0 Å². The Labute approximate surface area is 167 Å². The number of ether oxygens (including phenoxy) is 1. The van der Waals surface area contributed by atoms with Crippen LogP contribution in [-0.2, 0) is 23.9 Å². The van der Waals surface area contributed by atoms with Gasteiger partial charge >= 0.3 is 23.9 Å². The number of carboxylic acids is 3. The molecule has 0 rings (SSSR count). The molecule has 0 aromatic rings. The Morgan fingerprint density at radius 3 is 1.59 bits per heavy atom. The standard InChI is InChI=1S/C18H28O11/c19-9-18(10-20,11-21)7-5-12(1-3-14(22)23)13(2-4-15(24)25)17(28)29-8-6-16(26)27/h19-21H,1-11H2,(H,22,23)(H,24,25)(H,26,27). The lowest BCUT2D eigenvalue weighted by atomic mass is 9.82. The van der Waals surface area contributed by atoms with Crippen molar-refractivity contribution in [2.24, 2.45) is 5.41 Å². The Morgan fingerprint density at radius 1 is 0.655 bits per heavy atom. The molecule has 11 heteroatoms. The topological polar surface area (TPSA) is 199 Å². The fourth-order valence-corrected chi connectivity index (χ4v) is 2.46. The van der Waals surface area contributed by atoms with E-state index in [4.69, 9.17) is 20.1 Å². The lowest BCUT2D eigenvalue weighted by molar-refractivity contribution is -0.144. The molecule has 6 N–H and O–H groups in total. The molecule has 0 fully saturated rings. The van der Waals surface area contributed by atoms with Crippen LogP contribution in [0.4, 0.5) is 0 Å². The summed E-state index contributed by atoms with van der Waals surface area (Å²) in [6.45, 7) is -2.11. The van der Waals surface area contributed by atoms with Gasteiger partial charge in [-0.15, -0.1) is 0 Å². The molecular weight excluding hydrogens is 392 g/mol. The average Bonchev–Trinajstić information content (AvgIpc) is 2.66. The van der Waals surface area contributed by atoms with Gasteiger partial charge in [0.2, 0.25) is 0 Å². The van der Waals surface area contributed by atoms with Gasteiger partial charge in [-0.2, -0.15) is 0 Å². The molecule has 0 amide bonds. The Kier molecular flexibility index (Phi) is 12.5. The summed E-state index contributed by atoms with van der Waals surface area (Å²) in [4.78, 5) is 44.9. The molecule has 0 saturated heterocycles. The number of carbonyl (C=O) groups is 4. The molecule has 0 aliphatic rings. The van der Waals surface area contributed by atoms with E-state index >= 15 is 0 Å². The Bertz CT molecular complexity index is 597. The molecule has 166 valence electrons. The molecule has 0 atom stereocenters. The van der Waals surface area contributed by atoms with Crippen LogP contribution >= 0.6 is 0 Å². The summed E-state index contributed by atoms with van der Waals surface area (Å²) in [5.41, 5.74) is -1.09. The van der Waals surface area contributed by atoms with Gasteiger partial charge < -0.3 is 35.4 Å². The molecule has 0 unspecified atom stereocenters. The lowest BCUT2D eigenvalue weighted by Crippen LogP contribution is -2.34. The van der Waals surface area contributed by atoms with E-state index in [9.17, 15) is 34.5 Å². The summed E-state index contributed by atoms with van der Waals surface area (Å²) >= 11 is 0. The smallest absolute Gasteiger partial charge is 0.333 e. The molecule has 0 spiro atoms. The van der Waals surface area contributed by atoms with Crippen molar-refractivity contribution in [1.29, 1.82) is 0 Å². The van der Waals surface area contributed by atoms with Crippen LogP contribution in [-0.4, -0.2) is 80.9 Å². The van der Waals surface area contributed by atoms with Gasteiger partial charge in [0.1, 0.15) is 6.61 Å². The number of hydrogen-bond acceptors (Lipinski definition) is 8. The predicted octanol–water partition coefficient (Wildman–Crippen LogP) is -0.226. The maximum Gasteiger partial charge on any atom is 0.333 e. The van der Waals surface area contributed by atoms with Crippen molar-refractivity contribution in [3.05, 3.63) is 11.1 Å². The van der Waals surface area contributed by atoms with Crippen LogP contribution in [0.25, 0.3) is 0 Å². The largest absolute Gasteiger partial charge is 0.481 e. The van der Waals surface area contributed by atoms with Gasteiger partial charge in [0.25, 0.3) is 0 Å². The minimum atomic E-state index is -1.26. The first kappa shape index (κ1) is 26.5. The van der Waals surface area contributed by atoms with Gasteiger partial charge in [-0.25, -0.2) is 4.79 Å². The number of aliphatic hydroxyl groups is 3. The molecule has 0 saturated carbocycles.